The largest absolute Gasteiger partial charge is 0.506 e. The van der Waals surface area contributed by atoms with E-state index < -0.39 is 0 Å². The zero-order valence-electron chi connectivity index (χ0n) is 7.83. The van der Waals surface area contributed by atoms with Crippen LogP contribution in [-0.4, -0.2) is 22.2 Å². The fraction of sp³-hybridized carbons (Fsp3) is 0.444. The number of hydrogen-bond donors (Lipinski definition) is 3. The van der Waals surface area contributed by atoms with E-state index in [0.717, 1.165) is 5.56 Å². The first-order valence-electron chi connectivity index (χ1n) is 4.12. The molecule has 0 aliphatic rings. The van der Waals surface area contributed by atoms with Crippen LogP contribution in [0.25, 0.3) is 0 Å². The summed E-state index contributed by atoms with van der Waals surface area (Å²) in [4.78, 5) is 3.95. The topological polar surface area (TPSA) is 65.4 Å². The number of aryl methyl sites for hydroxylation is 1. The van der Waals surface area contributed by atoms with E-state index in [1.54, 1.807) is 20.2 Å². The Bertz CT molecular complexity index is 300. The van der Waals surface area contributed by atoms with E-state index in [2.05, 4.69) is 10.3 Å². The minimum absolute atomic E-state index is 0.0994. The molecular weight excluding hydrogens is 168 g/mol. The lowest BCUT2D eigenvalue weighted by Gasteiger charge is -2.10. The second-order valence-corrected chi connectivity index (χ2v) is 2.88. The number of aromatic nitrogens is 1. The Morgan fingerprint density at radius 1 is 1.54 bits per heavy atom. The molecule has 13 heavy (non-hydrogen) atoms. The monoisotopic (exact) mass is 182 g/mol. The standard InChI is InChI=1S/C9H14N2O2/c1-6-9(13)8(4-10-2)7(5-12)3-11-6/h3,10,12-13H,4-5H2,1-2H3. The number of nitrogens with zero attached hydrogens (tertiary/aromatic N) is 1. The van der Waals surface area contributed by atoms with E-state index >= 15 is 0 Å². The van der Waals surface area contributed by atoms with E-state index in [4.69, 9.17) is 5.11 Å². The third-order valence-corrected chi connectivity index (χ3v) is 1.95. The number of nitrogens with one attached hydrogen (secondary N) is 1. The molecule has 4 heteroatoms. The van der Waals surface area contributed by atoms with Gasteiger partial charge in [0.25, 0.3) is 0 Å². The van der Waals surface area contributed by atoms with E-state index in [1.165, 1.54) is 0 Å². The molecular formula is C9H14N2O2. The summed E-state index contributed by atoms with van der Waals surface area (Å²) in [5, 5.41) is 21.5. The predicted octanol–water partition coefficient (Wildman–Crippen LogP) is 0.307. The number of hydrogen-bond acceptors (Lipinski definition) is 4. The lowest BCUT2D eigenvalue weighted by Crippen LogP contribution is -2.09. The Kier molecular flexibility index (Phi) is 3.22. The van der Waals surface area contributed by atoms with Crippen LogP contribution in [0.15, 0.2) is 6.20 Å². The molecule has 0 amide bonds. The van der Waals surface area contributed by atoms with Crippen LogP contribution < -0.4 is 5.32 Å². The molecule has 3 N–H and O–H groups in total. The van der Waals surface area contributed by atoms with E-state index in [1.807, 2.05) is 0 Å². The van der Waals surface area contributed by atoms with Crippen molar-refractivity contribution in [3.05, 3.63) is 23.0 Å². The molecule has 4 nitrogen and oxygen atoms in total. The van der Waals surface area contributed by atoms with Crippen molar-refractivity contribution in [1.82, 2.24) is 10.3 Å². The summed E-state index contributed by atoms with van der Waals surface area (Å²) < 4.78 is 0. The van der Waals surface area contributed by atoms with Crippen LogP contribution in [0.5, 0.6) is 5.75 Å². The lowest BCUT2D eigenvalue weighted by atomic mass is 10.1. The summed E-state index contributed by atoms with van der Waals surface area (Å²) in [5.41, 5.74) is 1.97. The molecule has 0 saturated heterocycles. The zero-order valence-corrected chi connectivity index (χ0v) is 7.83. The Morgan fingerprint density at radius 2 is 2.23 bits per heavy atom. The van der Waals surface area contributed by atoms with Crippen molar-refractivity contribution in [3.63, 3.8) is 0 Å². The highest BCUT2D eigenvalue weighted by Crippen LogP contribution is 2.23. The molecule has 0 bridgehead atoms. The molecule has 0 aromatic carbocycles. The molecule has 72 valence electrons. The summed E-state index contributed by atoms with van der Waals surface area (Å²) in [5.74, 6) is 0.168. The number of aromatic hydroxyl groups is 1. The first kappa shape index (κ1) is 9.95. The van der Waals surface area contributed by atoms with Crippen LogP contribution in [0.3, 0.4) is 0 Å². The third-order valence-electron chi connectivity index (χ3n) is 1.95. The second-order valence-electron chi connectivity index (χ2n) is 2.88. The third kappa shape index (κ3) is 1.96. The quantitative estimate of drug-likeness (QED) is 0.629. The molecule has 1 aromatic heterocycles. The molecule has 0 fully saturated rings. The molecule has 0 saturated carbocycles. The van der Waals surface area contributed by atoms with Crippen LogP contribution in [0.1, 0.15) is 16.8 Å². The van der Waals surface area contributed by atoms with Crippen LogP contribution in [0, 0.1) is 6.92 Å². The normalized spacial score (nSPS) is 10.4. The molecule has 1 rings (SSSR count). The van der Waals surface area contributed by atoms with Crippen LogP contribution >= 0.6 is 0 Å². The summed E-state index contributed by atoms with van der Waals surface area (Å²) in [6, 6.07) is 0. The molecule has 0 unspecified atom stereocenters. The van der Waals surface area contributed by atoms with Crippen molar-refractivity contribution < 1.29 is 10.2 Å². The van der Waals surface area contributed by atoms with Crippen molar-refractivity contribution >= 4 is 0 Å². The van der Waals surface area contributed by atoms with Crippen molar-refractivity contribution in [2.24, 2.45) is 0 Å². The summed E-state index contributed by atoms with van der Waals surface area (Å²) in [6.45, 7) is 2.17. The number of pyridine rings is 1. The molecule has 1 heterocycles. The molecule has 0 atom stereocenters. The Hall–Kier alpha value is -1.13. The van der Waals surface area contributed by atoms with Crippen molar-refractivity contribution in [2.45, 2.75) is 20.1 Å². The summed E-state index contributed by atoms with van der Waals surface area (Å²) >= 11 is 0. The van der Waals surface area contributed by atoms with Gasteiger partial charge in [0.2, 0.25) is 0 Å². The van der Waals surface area contributed by atoms with Crippen molar-refractivity contribution in [1.29, 1.82) is 0 Å². The van der Waals surface area contributed by atoms with Gasteiger partial charge in [-0.15, -0.1) is 0 Å². The lowest BCUT2D eigenvalue weighted by molar-refractivity contribution is 0.278. The number of aliphatic hydroxyl groups is 1. The van der Waals surface area contributed by atoms with Gasteiger partial charge in [-0.1, -0.05) is 0 Å². The molecule has 1 aromatic rings. The molecule has 0 aliphatic carbocycles. The van der Waals surface area contributed by atoms with E-state index in [0.29, 0.717) is 17.8 Å². The highest BCUT2D eigenvalue weighted by Gasteiger charge is 2.09. The highest BCUT2D eigenvalue weighted by atomic mass is 16.3. The second kappa shape index (κ2) is 4.20. The number of aliphatic hydroxyl groups excluding tert-OH is 1. The van der Waals surface area contributed by atoms with Gasteiger partial charge in [-0.05, 0) is 14.0 Å². The molecule has 0 radical (unpaired) electrons. The Morgan fingerprint density at radius 3 is 2.77 bits per heavy atom. The SMILES string of the molecule is CNCc1c(CO)cnc(C)c1O. The minimum Gasteiger partial charge on any atom is -0.506 e. The van der Waals surface area contributed by atoms with Crippen molar-refractivity contribution in [3.8, 4) is 5.75 Å². The average molecular weight is 182 g/mol. The van der Waals surface area contributed by atoms with Gasteiger partial charge in [-0.3, -0.25) is 4.98 Å². The fourth-order valence-electron chi connectivity index (χ4n) is 1.19. The average Bonchev–Trinajstić information content (AvgIpc) is 2.14. The van der Waals surface area contributed by atoms with Gasteiger partial charge in [0.1, 0.15) is 5.75 Å². The van der Waals surface area contributed by atoms with Gasteiger partial charge < -0.3 is 15.5 Å². The maximum absolute atomic E-state index is 9.63. The smallest absolute Gasteiger partial charge is 0.141 e. The number of rotatable bonds is 3. The van der Waals surface area contributed by atoms with Crippen LogP contribution in [-0.2, 0) is 13.2 Å². The summed E-state index contributed by atoms with van der Waals surface area (Å²) in [7, 11) is 1.79. The first-order chi connectivity index (χ1) is 6.20. The van der Waals surface area contributed by atoms with Crippen molar-refractivity contribution in [2.75, 3.05) is 7.05 Å². The van der Waals surface area contributed by atoms with Gasteiger partial charge in [-0.2, -0.15) is 0 Å². The maximum atomic E-state index is 9.63. The first-order valence-corrected chi connectivity index (χ1v) is 4.12. The molecule has 0 aliphatic heterocycles. The van der Waals surface area contributed by atoms with Gasteiger partial charge in [0, 0.05) is 23.9 Å². The van der Waals surface area contributed by atoms with Crippen LogP contribution in [0.4, 0.5) is 0 Å². The van der Waals surface area contributed by atoms with E-state index in [9.17, 15) is 5.11 Å². The molecule has 0 spiro atoms. The van der Waals surface area contributed by atoms with Gasteiger partial charge in [0.05, 0.1) is 12.3 Å². The minimum atomic E-state index is -0.0994. The van der Waals surface area contributed by atoms with Gasteiger partial charge in [-0.25, -0.2) is 0 Å². The Balaban J connectivity index is 3.15. The predicted molar refractivity (Wildman–Crippen MR) is 49.3 cm³/mol. The van der Waals surface area contributed by atoms with Gasteiger partial charge in [0.15, 0.2) is 0 Å². The van der Waals surface area contributed by atoms with E-state index in [-0.39, 0.29) is 12.4 Å². The fourth-order valence-corrected chi connectivity index (χ4v) is 1.19. The van der Waals surface area contributed by atoms with Crippen LogP contribution in [0.2, 0.25) is 0 Å². The highest BCUT2D eigenvalue weighted by molar-refractivity contribution is 5.40. The zero-order chi connectivity index (χ0) is 9.84. The Labute approximate surface area is 77.2 Å². The summed E-state index contributed by atoms with van der Waals surface area (Å²) in [6.07, 6.45) is 1.59. The maximum Gasteiger partial charge on any atom is 0.141 e. The van der Waals surface area contributed by atoms with Gasteiger partial charge >= 0.3 is 0 Å².